The number of para-hydroxylation sites is 2. The van der Waals surface area contributed by atoms with Gasteiger partial charge in [-0.3, -0.25) is 4.79 Å². The summed E-state index contributed by atoms with van der Waals surface area (Å²) in [6.45, 7) is 0. The average Bonchev–Trinajstić information content (AvgIpc) is 3.01. The lowest BCUT2D eigenvalue weighted by molar-refractivity contribution is -0.204. The average molecular weight is 410 g/mol. The Hall–Kier alpha value is -3.39. The van der Waals surface area contributed by atoms with Gasteiger partial charge in [0.2, 0.25) is 0 Å². The van der Waals surface area contributed by atoms with Gasteiger partial charge in [0.15, 0.2) is 5.54 Å². The molecule has 0 aromatic heterocycles. The van der Waals surface area contributed by atoms with Crippen LogP contribution in [-0.2, 0) is 34.2 Å². The van der Waals surface area contributed by atoms with Gasteiger partial charge in [0.05, 0.1) is 19.9 Å². The molecule has 0 N–H and O–H groups in total. The number of carbonyl (C=O) groups excluding carboxylic acids is 3. The molecule has 156 valence electrons. The Balaban J connectivity index is 1.93. The molecule has 0 saturated carbocycles. The van der Waals surface area contributed by atoms with E-state index in [9.17, 15) is 14.4 Å². The SMILES string of the molecule is COC(=O)C1(C(=O)OC)CCC2(C(=O)N(C)c3ccccc32)N(c2ccccc2)O1. The number of hydroxylamine groups is 1. The molecule has 4 rings (SSSR count). The summed E-state index contributed by atoms with van der Waals surface area (Å²) in [6.07, 6.45) is 0.0654. The molecule has 2 aliphatic rings. The van der Waals surface area contributed by atoms with Gasteiger partial charge in [-0.15, -0.1) is 0 Å². The number of esters is 2. The molecule has 0 bridgehead atoms. The standard InChI is InChI=1S/C22H22N2O6/c1-23-17-12-8-7-11-16(17)21(18(23)25)13-14-22(19(26)28-2,20(27)29-3)30-24(21)15-9-5-4-6-10-15/h4-12H,13-14H2,1-3H3. The van der Waals surface area contributed by atoms with Crippen LogP contribution in [0.4, 0.5) is 11.4 Å². The predicted octanol–water partition coefficient (Wildman–Crippen LogP) is 2.18. The number of hydrogen-bond acceptors (Lipinski definition) is 7. The van der Waals surface area contributed by atoms with E-state index in [2.05, 4.69) is 0 Å². The van der Waals surface area contributed by atoms with Gasteiger partial charge in [-0.05, 0) is 24.6 Å². The molecule has 1 unspecified atom stereocenters. The van der Waals surface area contributed by atoms with Gasteiger partial charge in [0.1, 0.15) is 0 Å². The van der Waals surface area contributed by atoms with E-state index >= 15 is 0 Å². The number of rotatable bonds is 3. The summed E-state index contributed by atoms with van der Waals surface area (Å²) in [4.78, 5) is 46.6. The second-order valence-electron chi connectivity index (χ2n) is 7.27. The number of nitrogens with zero attached hydrogens (tertiary/aromatic N) is 2. The van der Waals surface area contributed by atoms with Crippen molar-refractivity contribution in [1.29, 1.82) is 0 Å². The minimum atomic E-state index is -2.01. The topological polar surface area (TPSA) is 85.4 Å². The summed E-state index contributed by atoms with van der Waals surface area (Å²) in [7, 11) is 4.05. The van der Waals surface area contributed by atoms with Crippen LogP contribution >= 0.6 is 0 Å². The minimum absolute atomic E-state index is 0.0798. The zero-order valence-electron chi connectivity index (χ0n) is 17.0. The molecule has 1 spiro atoms. The molecule has 1 fully saturated rings. The summed E-state index contributed by atoms with van der Waals surface area (Å²) >= 11 is 0. The molecule has 2 aliphatic heterocycles. The van der Waals surface area contributed by atoms with Crippen LogP contribution in [0.1, 0.15) is 18.4 Å². The highest BCUT2D eigenvalue weighted by atomic mass is 16.7. The van der Waals surface area contributed by atoms with Gasteiger partial charge in [-0.25, -0.2) is 19.5 Å². The van der Waals surface area contributed by atoms with Gasteiger partial charge in [0, 0.05) is 24.7 Å². The molecule has 0 radical (unpaired) electrons. The Bertz CT molecular complexity index is 992. The summed E-state index contributed by atoms with van der Waals surface area (Å²) in [5.41, 5.74) is -1.24. The van der Waals surface area contributed by atoms with Crippen LogP contribution in [0.3, 0.4) is 0 Å². The number of likely N-dealkylation sites (N-methyl/N-ethyl adjacent to an activating group) is 1. The van der Waals surface area contributed by atoms with Crippen LogP contribution in [0.2, 0.25) is 0 Å². The van der Waals surface area contributed by atoms with Gasteiger partial charge in [-0.1, -0.05) is 36.4 Å². The van der Waals surface area contributed by atoms with Crippen molar-refractivity contribution < 1.29 is 28.7 Å². The molecule has 2 heterocycles. The first-order valence-corrected chi connectivity index (χ1v) is 9.51. The molecule has 2 aromatic carbocycles. The Morgan fingerprint density at radius 2 is 1.53 bits per heavy atom. The summed E-state index contributed by atoms with van der Waals surface area (Å²) < 4.78 is 9.76. The van der Waals surface area contributed by atoms with Crippen LogP contribution < -0.4 is 9.96 Å². The fourth-order valence-corrected chi connectivity index (χ4v) is 4.32. The molecule has 1 atom stereocenters. The maximum atomic E-state index is 13.6. The van der Waals surface area contributed by atoms with Crippen LogP contribution in [0.15, 0.2) is 54.6 Å². The van der Waals surface area contributed by atoms with E-state index in [1.165, 1.54) is 19.3 Å². The first-order valence-electron chi connectivity index (χ1n) is 9.51. The Kier molecular flexibility index (Phi) is 4.74. The van der Waals surface area contributed by atoms with E-state index in [0.29, 0.717) is 5.69 Å². The quantitative estimate of drug-likeness (QED) is 0.566. The number of methoxy groups -OCH3 is 2. The number of benzene rings is 2. The van der Waals surface area contributed by atoms with Gasteiger partial charge in [-0.2, -0.15) is 0 Å². The second-order valence-corrected chi connectivity index (χ2v) is 7.27. The molecule has 1 amide bonds. The van der Waals surface area contributed by atoms with E-state index in [1.54, 1.807) is 36.2 Å². The van der Waals surface area contributed by atoms with Crippen molar-refractivity contribution in [1.82, 2.24) is 0 Å². The maximum Gasteiger partial charge on any atom is 0.352 e. The van der Waals surface area contributed by atoms with Crippen molar-refractivity contribution >= 4 is 29.2 Å². The van der Waals surface area contributed by atoms with Crippen molar-refractivity contribution in [3.63, 3.8) is 0 Å². The molecule has 8 heteroatoms. The van der Waals surface area contributed by atoms with Crippen molar-refractivity contribution in [2.45, 2.75) is 24.0 Å². The summed E-state index contributed by atoms with van der Waals surface area (Å²) in [5.74, 6) is -1.97. The van der Waals surface area contributed by atoms with Gasteiger partial charge >= 0.3 is 11.9 Å². The molecule has 8 nitrogen and oxygen atoms in total. The molecular formula is C22H22N2O6. The molecular weight excluding hydrogens is 388 g/mol. The number of carbonyl (C=O) groups is 3. The van der Waals surface area contributed by atoms with Gasteiger partial charge in [0.25, 0.3) is 11.5 Å². The number of hydrogen-bond donors (Lipinski definition) is 0. The summed E-state index contributed by atoms with van der Waals surface area (Å²) in [6, 6.07) is 16.3. The number of fused-ring (bicyclic) bond motifs is 2. The third-order valence-electron chi connectivity index (χ3n) is 5.82. The van der Waals surface area contributed by atoms with Crippen molar-refractivity contribution in [2.24, 2.45) is 0 Å². The van der Waals surface area contributed by atoms with Crippen LogP contribution in [-0.4, -0.2) is 44.7 Å². The van der Waals surface area contributed by atoms with E-state index in [4.69, 9.17) is 14.3 Å². The fraction of sp³-hybridized carbons (Fsp3) is 0.318. The second kappa shape index (κ2) is 7.14. The smallest absolute Gasteiger partial charge is 0.352 e. The third-order valence-corrected chi connectivity index (χ3v) is 5.82. The van der Waals surface area contributed by atoms with Crippen LogP contribution in [0, 0.1) is 0 Å². The van der Waals surface area contributed by atoms with Crippen molar-refractivity contribution in [3.05, 3.63) is 60.2 Å². The Morgan fingerprint density at radius 3 is 2.17 bits per heavy atom. The highest BCUT2D eigenvalue weighted by Gasteiger charge is 2.65. The van der Waals surface area contributed by atoms with E-state index in [-0.39, 0.29) is 18.7 Å². The first kappa shape index (κ1) is 19.9. The maximum absolute atomic E-state index is 13.6. The Morgan fingerprint density at radius 1 is 0.933 bits per heavy atom. The van der Waals surface area contributed by atoms with E-state index < -0.39 is 23.1 Å². The predicted molar refractivity (Wildman–Crippen MR) is 108 cm³/mol. The van der Waals surface area contributed by atoms with Gasteiger partial charge < -0.3 is 14.4 Å². The number of amides is 1. The number of anilines is 2. The normalized spacial score (nSPS) is 22.0. The van der Waals surface area contributed by atoms with Crippen LogP contribution in [0.5, 0.6) is 0 Å². The molecule has 0 aliphatic carbocycles. The zero-order valence-corrected chi connectivity index (χ0v) is 17.0. The minimum Gasteiger partial charge on any atom is -0.466 e. The molecule has 30 heavy (non-hydrogen) atoms. The first-order chi connectivity index (χ1) is 14.4. The summed E-state index contributed by atoms with van der Waals surface area (Å²) in [5, 5.41) is 1.37. The zero-order chi connectivity index (χ0) is 21.5. The lowest BCUT2D eigenvalue weighted by Crippen LogP contribution is -2.65. The number of ether oxygens (including phenoxy) is 2. The van der Waals surface area contributed by atoms with E-state index in [1.807, 2.05) is 30.3 Å². The highest BCUT2D eigenvalue weighted by molar-refractivity contribution is 6.10. The van der Waals surface area contributed by atoms with Crippen molar-refractivity contribution in [2.75, 3.05) is 31.2 Å². The Labute approximate surface area is 173 Å². The van der Waals surface area contributed by atoms with Crippen LogP contribution in [0.25, 0.3) is 0 Å². The highest BCUT2D eigenvalue weighted by Crippen LogP contribution is 2.52. The van der Waals surface area contributed by atoms with Crippen molar-refractivity contribution in [3.8, 4) is 0 Å². The molecule has 1 saturated heterocycles. The fourth-order valence-electron chi connectivity index (χ4n) is 4.32. The molecule has 2 aromatic rings. The van der Waals surface area contributed by atoms with E-state index in [0.717, 1.165) is 11.3 Å². The monoisotopic (exact) mass is 410 g/mol. The lowest BCUT2D eigenvalue weighted by Gasteiger charge is -2.48. The third kappa shape index (κ3) is 2.53. The largest absolute Gasteiger partial charge is 0.466 e. The lowest BCUT2D eigenvalue weighted by atomic mass is 9.80.